The van der Waals surface area contributed by atoms with Crippen LogP contribution in [0.15, 0.2) is 50.9 Å². The molecule has 0 aliphatic heterocycles. The number of carboxylic acids is 1. The van der Waals surface area contributed by atoms with Crippen LogP contribution in [0.5, 0.6) is 17.2 Å². The highest BCUT2D eigenvalue weighted by Gasteiger charge is 2.17. The van der Waals surface area contributed by atoms with Crippen LogP contribution in [0, 0.1) is 0 Å². The molecule has 0 bridgehead atoms. The van der Waals surface area contributed by atoms with E-state index in [9.17, 15) is 9.90 Å². The van der Waals surface area contributed by atoms with E-state index in [0.29, 0.717) is 33.9 Å². The third-order valence-corrected chi connectivity index (χ3v) is 4.53. The van der Waals surface area contributed by atoms with Gasteiger partial charge in [0.05, 0.1) is 21.3 Å². The third kappa shape index (κ3) is 4.01. The van der Waals surface area contributed by atoms with Gasteiger partial charge in [-0.25, -0.2) is 9.78 Å². The van der Waals surface area contributed by atoms with Crippen molar-refractivity contribution in [2.24, 2.45) is 0 Å². The maximum Gasteiger partial charge on any atom is 0.342 e. The minimum Gasteiger partial charge on any atom is -0.493 e. The Hall–Kier alpha value is -3.13. The predicted molar refractivity (Wildman–Crippen MR) is 102 cm³/mol. The molecule has 27 heavy (non-hydrogen) atoms. The van der Waals surface area contributed by atoms with Gasteiger partial charge in [-0.3, -0.25) is 0 Å². The van der Waals surface area contributed by atoms with Crippen LogP contribution in [0.25, 0.3) is 17.2 Å². The van der Waals surface area contributed by atoms with Gasteiger partial charge in [0.2, 0.25) is 5.75 Å². The zero-order valence-corrected chi connectivity index (χ0v) is 15.7. The lowest BCUT2D eigenvalue weighted by molar-refractivity contribution is -0.131. The molecule has 1 heterocycles. The van der Waals surface area contributed by atoms with Gasteiger partial charge in [-0.1, -0.05) is 12.1 Å². The number of nitrogens with zero attached hydrogens (tertiary/aromatic N) is 1. The summed E-state index contributed by atoms with van der Waals surface area (Å²) in [5, 5.41) is 9.83. The monoisotopic (exact) mass is 387 g/mol. The van der Waals surface area contributed by atoms with Crippen molar-refractivity contribution in [1.82, 2.24) is 4.98 Å². The lowest BCUT2D eigenvalue weighted by atomic mass is 10.1. The number of hydrogen-bond donors (Lipinski definition) is 1. The number of rotatable bonds is 7. The van der Waals surface area contributed by atoms with E-state index in [1.165, 1.54) is 27.4 Å². The van der Waals surface area contributed by atoms with E-state index in [0.717, 1.165) is 11.8 Å². The highest BCUT2D eigenvalue weighted by Crippen LogP contribution is 2.39. The van der Waals surface area contributed by atoms with Gasteiger partial charge in [-0.15, -0.1) is 0 Å². The van der Waals surface area contributed by atoms with Gasteiger partial charge in [-0.05, 0) is 47.7 Å². The Morgan fingerprint density at radius 3 is 2.33 bits per heavy atom. The second kappa shape index (κ2) is 8.05. The largest absolute Gasteiger partial charge is 0.493 e. The topological polar surface area (TPSA) is 91.0 Å². The number of aliphatic carboxylic acids is 1. The molecule has 0 spiro atoms. The molecule has 0 radical (unpaired) electrons. The summed E-state index contributed by atoms with van der Waals surface area (Å²) in [4.78, 5) is 16.0. The molecule has 0 unspecified atom stereocenters. The Bertz CT molecular complexity index is 952. The SMILES string of the molecule is COc1cc(/C=C(/Sc2nc3ccccc3o2)C(=O)O)cc(OC)c1OC. The first kappa shape index (κ1) is 18.7. The van der Waals surface area contributed by atoms with Gasteiger partial charge in [0.15, 0.2) is 17.1 Å². The predicted octanol–water partition coefficient (Wildman–Crippen LogP) is 4.07. The maximum absolute atomic E-state index is 11.7. The number of ether oxygens (including phenoxy) is 3. The number of hydrogen-bond acceptors (Lipinski definition) is 7. The van der Waals surface area contributed by atoms with Crippen LogP contribution in [0.2, 0.25) is 0 Å². The normalized spacial score (nSPS) is 11.4. The van der Waals surface area contributed by atoms with E-state index in [-0.39, 0.29) is 10.1 Å². The van der Waals surface area contributed by atoms with Gasteiger partial charge in [0.1, 0.15) is 10.4 Å². The molecule has 0 fully saturated rings. The summed E-state index contributed by atoms with van der Waals surface area (Å²) >= 11 is 0.925. The fourth-order valence-corrected chi connectivity index (χ4v) is 3.21. The molecular formula is C19H17NO6S. The molecule has 0 atom stereocenters. The summed E-state index contributed by atoms with van der Waals surface area (Å²) in [5.74, 6) is 0.191. The van der Waals surface area contributed by atoms with Crippen molar-refractivity contribution < 1.29 is 28.5 Å². The number of thioether (sulfide) groups is 1. The van der Waals surface area contributed by atoms with Crippen molar-refractivity contribution in [3.63, 3.8) is 0 Å². The molecular weight excluding hydrogens is 370 g/mol. The molecule has 1 aromatic heterocycles. The van der Waals surface area contributed by atoms with Crippen LogP contribution in [-0.4, -0.2) is 37.4 Å². The van der Waals surface area contributed by atoms with E-state index < -0.39 is 5.97 Å². The van der Waals surface area contributed by atoms with Gasteiger partial charge < -0.3 is 23.7 Å². The molecule has 1 N–H and O–H groups in total. The van der Waals surface area contributed by atoms with Crippen LogP contribution >= 0.6 is 11.8 Å². The average Bonchev–Trinajstić information content (AvgIpc) is 3.08. The Labute approximate surface area is 159 Å². The van der Waals surface area contributed by atoms with Crippen LogP contribution in [0.4, 0.5) is 0 Å². The molecule has 0 aliphatic rings. The molecule has 7 nitrogen and oxygen atoms in total. The molecule has 8 heteroatoms. The lowest BCUT2D eigenvalue weighted by Crippen LogP contribution is -1.98. The van der Waals surface area contributed by atoms with Crippen molar-refractivity contribution in [3.05, 3.63) is 46.9 Å². The molecule has 0 saturated heterocycles. The molecule has 0 aliphatic carbocycles. The number of benzene rings is 2. The fraction of sp³-hybridized carbons (Fsp3) is 0.158. The number of oxazole rings is 1. The van der Waals surface area contributed by atoms with Crippen LogP contribution in [0.1, 0.15) is 5.56 Å². The smallest absolute Gasteiger partial charge is 0.342 e. The van der Waals surface area contributed by atoms with Crippen molar-refractivity contribution in [3.8, 4) is 17.2 Å². The standard InChI is InChI=1S/C19H17NO6S/c1-23-14-8-11(9-15(24-2)17(14)25-3)10-16(18(21)22)27-19-20-12-6-4-5-7-13(12)26-19/h4-10H,1-3H3,(H,21,22)/b16-10+. The number of fused-ring (bicyclic) bond motifs is 1. The first-order chi connectivity index (χ1) is 13.0. The maximum atomic E-state index is 11.7. The molecule has 140 valence electrons. The minimum atomic E-state index is -1.10. The van der Waals surface area contributed by atoms with E-state index >= 15 is 0 Å². The highest BCUT2D eigenvalue weighted by atomic mass is 32.2. The second-order valence-electron chi connectivity index (χ2n) is 5.32. The van der Waals surface area contributed by atoms with Crippen LogP contribution in [0.3, 0.4) is 0 Å². The quantitative estimate of drug-likeness (QED) is 0.479. The van der Waals surface area contributed by atoms with E-state index in [1.54, 1.807) is 24.3 Å². The van der Waals surface area contributed by atoms with Crippen LogP contribution < -0.4 is 14.2 Å². The lowest BCUT2D eigenvalue weighted by Gasteiger charge is -2.13. The van der Waals surface area contributed by atoms with Crippen molar-refractivity contribution in [2.75, 3.05) is 21.3 Å². The Morgan fingerprint density at radius 1 is 1.11 bits per heavy atom. The summed E-state index contributed by atoms with van der Waals surface area (Å²) in [6.07, 6.45) is 1.49. The summed E-state index contributed by atoms with van der Waals surface area (Å²) < 4.78 is 21.5. The Balaban J connectivity index is 1.99. The highest BCUT2D eigenvalue weighted by molar-refractivity contribution is 8.03. The minimum absolute atomic E-state index is 0.0378. The fourth-order valence-electron chi connectivity index (χ4n) is 2.46. The van der Waals surface area contributed by atoms with Crippen LogP contribution in [-0.2, 0) is 4.79 Å². The number of carbonyl (C=O) groups is 1. The zero-order chi connectivity index (χ0) is 19.4. The van der Waals surface area contributed by atoms with Crippen molar-refractivity contribution >= 4 is 34.9 Å². The summed E-state index contributed by atoms with van der Waals surface area (Å²) in [7, 11) is 4.49. The number of methoxy groups -OCH3 is 3. The number of para-hydroxylation sites is 2. The first-order valence-corrected chi connectivity index (χ1v) is 8.65. The van der Waals surface area contributed by atoms with E-state index in [4.69, 9.17) is 18.6 Å². The molecule has 3 aromatic rings. The average molecular weight is 387 g/mol. The Morgan fingerprint density at radius 2 is 1.78 bits per heavy atom. The van der Waals surface area contributed by atoms with Crippen molar-refractivity contribution in [1.29, 1.82) is 0 Å². The second-order valence-corrected chi connectivity index (χ2v) is 6.32. The molecule has 0 amide bonds. The zero-order valence-electron chi connectivity index (χ0n) is 14.9. The summed E-state index contributed by atoms with van der Waals surface area (Å²) in [6.45, 7) is 0. The molecule has 3 rings (SSSR count). The van der Waals surface area contributed by atoms with Gasteiger partial charge in [0, 0.05) is 0 Å². The number of carboxylic acid groups (broad SMARTS) is 1. The molecule has 2 aromatic carbocycles. The number of aromatic nitrogens is 1. The third-order valence-electron chi connectivity index (χ3n) is 3.67. The van der Waals surface area contributed by atoms with Gasteiger partial charge in [-0.2, -0.15) is 0 Å². The summed E-state index contributed by atoms with van der Waals surface area (Å²) in [6, 6.07) is 10.6. The van der Waals surface area contributed by atoms with Gasteiger partial charge >= 0.3 is 5.97 Å². The summed E-state index contributed by atoms with van der Waals surface area (Å²) in [5.41, 5.74) is 1.83. The van der Waals surface area contributed by atoms with E-state index in [1.807, 2.05) is 12.1 Å². The Kier molecular flexibility index (Phi) is 5.56. The van der Waals surface area contributed by atoms with Gasteiger partial charge in [0.25, 0.3) is 5.22 Å². The van der Waals surface area contributed by atoms with Crippen molar-refractivity contribution in [2.45, 2.75) is 5.22 Å². The first-order valence-electron chi connectivity index (χ1n) is 7.84. The van der Waals surface area contributed by atoms with E-state index in [2.05, 4.69) is 4.98 Å². The molecule has 0 saturated carbocycles.